The Hall–Kier alpha value is -3.67. The third-order valence-corrected chi connectivity index (χ3v) is 6.41. The Balaban J connectivity index is 1.71. The van der Waals surface area contributed by atoms with E-state index in [0.717, 1.165) is 18.4 Å². The van der Waals surface area contributed by atoms with Crippen molar-refractivity contribution in [3.63, 3.8) is 0 Å². The smallest absolute Gasteiger partial charge is 0.335 e. The Labute approximate surface area is 200 Å². The average molecular weight is 459 g/mol. The Morgan fingerprint density at radius 2 is 1.29 bits per heavy atom. The van der Waals surface area contributed by atoms with Gasteiger partial charge in [-0.15, -0.1) is 0 Å². The molecule has 2 heterocycles. The van der Waals surface area contributed by atoms with Gasteiger partial charge in [-0.25, -0.2) is 4.79 Å². The van der Waals surface area contributed by atoms with E-state index < -0.39 is 5.97 Å². The summed E-state index contributed by atoms with van der Waals surface area (Å²) in [6.07, 6.45) is 6.21. The Kier molecular flexibility index (Phi) is 7.26. The van der Waals surface area contributed by atoms with Gasteiger partial charge in [0.05, 0.1) is 24.3 Å². The molecule has 2 atom stereocenters. The SMILES string of the molecule is CCOC(=O)C1=CN(C(=O)c2ccccc2)[C@H]([C@H]2CCC(C)=CN2C(=O)c2ccccc2)CC1. The topological polar surface area (TPSA) is 66.9 Å². The number of allylic oxidation sites excluding steroid dienone is 1. The zero-order valence-electron chi connectivity index (χ0n) is 19.6. The van der Waals surface area contributed by atoms with E-state index in [4.69, 9.17) is 4.74 Å². The fourth-order valence-corrected chi connectivity index (χ4v) is 4.70. The van der Waals surface area contributed by atoms with Gasteiger partial charge in [-0.05, 0) is 63.8 Å². The molecule has 0 aromatic heterocycles. The maximum atomic E-state index is 13.6. The van der Waals surface area contributed by atoms with Crippen molar-refractivity contribution in [3.05, 3.63) is 95.3 Å². The molecule has 2 aliphatic rings. The van der Waals surface area contributed by atoms with Crippen LogP contribution < -0.4 is 0 Å². The monoisotopic (exact) mass is 458 g/mol. The van der Waals surface area contributed by atoms with Crippen molar-refractivity contribution in [2.24, 2.45) is 0 Å². The van der Waals surface area contributed by atoms with Crippen LogP contribution in [0.4, 0.5) is 0 Å². The van der Waals surface area contributed by atoms with Crippen LogP contribution in [-0.2, 0) is 9.53 Å². The molecule has 176 valence electrons. The minimum atomic E-state index is -0.400. The van der Waals surface area contributed by atoms with Gasteiger partial charge in [0.15, 0.2) is 0 Å². The summed E-state index contributed by atoms with van der Waals surface area (Å²) in [7, 11) is 0. The number of carbonyl (C=O) groups excluding carboxylic acids is 3. The summed E-state index contributed by atoms with van der Waals surface area (Å²) in [5.74, 6) is -0.675. The minimum absolute atomic E-state index is 0.0862. The molecule has 34 heavy (non-hydrogen) atoms. The van der Waals surface area contributed by atoms with E-state index in [1.807, 2.05) is 61.7 Å². The van der Waals surface area contributed by atoms with Gasteiger partial charge in [-0.2, -0.15) is 0 Å². The van der Waals surface area contributed by atoms with Gasteiger partial charge in [0.1, 0.15) is 0 Å². The molecule has 2 aromatic rings. The molecular weight excluding hydrogens is 428 g/mol. The van der Waals surface area contributed by atoms with Crippen LogP contribution in [0.1, 0.15) is 60.2 Å². The maximum Gasteiger partial charge on any atom is 0.335 e. The van der Waals surface area contributed by atoms with E-state index in [9.17, 15) is 14.4 Å². The summed E-state index contributed by atoms with van der Waals surface area (Å²) in [6, 6.07) is 17.8. The zero-order chi connectivity index (χ0) is 24.1. The van der Waals surface area contributed by atoms with Crippen molar-refractivity contribution in [2.45, 2.75) is 51.6 Å². The molecule has 6 heteroatoms. The molecule has 0 bridgehead atoms. The highest BCUT2D eigenvalue weighted by atomic mass is 16.5. The first kappa shape index (κ1) is 23.5. The third-order valence-electron chi connectivity index (χ3n) is 6.41. The van der Waals surface area contributed by atoms with Crippen molar-refractivity contribution in [1.29, 1.82) is 0 Å². The summed E-state index contributed by atoms with van der Waals surface area (Å²) in [6.45, 7) is 4.06. The summed E-state index contributed by atoms with van der Waals surface area (Å²) in [5.41, 5.74) is 2.75. The highest BCUT2D eigenvalue weighted by Gasteiger charge is 2.40. The Morgan fingerprint density at radius 3 is 1.82 bits per heavy atom. The van der Waals surface area contributed by atoms with Gasteiger partial charge in [-0.1, -0.05) is 42.0 Å². The van der Waals surface area contributed by atoms with Crippen LogP contribution >= 0.6 is 0 Å². The number of esters is 1. The molecule has 0 N–H and O–H groups in total. The lowest BCUT2D eigenvalue weighted by atomic mass is 9.87. The average Bonchev–Trinajstić information content (AvgIpc) is 2.88. The molecule has 0 saturated heterocycles. The number of nitrogens with zero attached hydrogens (tertiary/aromatic N) is 2. The van der Waals surface area contributed by atoms with Crippen LogP contribution in [0.25, 0.3) is 0 Å². The predicted octanol–water partition coefficient (Wildman–Crippen LogP) is 4.95. The van der Waals surface area contributed by atoms with Crippen molar-refractivity contribution >= 4 is 17.8 Å². The third kappa shape index (κ3) is 4.96. The second-order valence-electron chi connectivity index (χ2n) is 8.72. The first-order chi connectivity index (χ1) is 16.5. The normalized spacial score (nSPS) is 20.3. The number of hydrogen-bond acceptors (Lipinski definition) is 4. The standard InChI is InChI=1S/C28H30N2O4/c1-3-34-28(33)23-15-17-25(30(19-23)27(32)22-12-8-5-9-13-22)24-16-14-20(2)18-29(24)26(31)21-10-6-4-7-11-21/h4-13,18-19,24-25H,3,14-17H2,1-2H3/t24-,25+/m1/s1. The quantitative estimate of drug-likeness (QED) is 0.595. The molecule has 0 saturated carbocycles. The van der Waals surface area contributed by atoms with Crippen molar-refractivity contribution in [3.8, 4) is 0 Å². The van der Waals surface area contributed by atoms with E-state index in [1.165, 1.54) is 0 Å². The number of ether oxygens (including phenoxy) is 1. The molecule has 0 unspecified atom stereocenters. The predicted molar refractivity (Wildman–Crippen MR) is 130 cm³/mol. The number of amides is 2. The lowest BCUT2D eigenvalue weighted by Gasteiger charge is -2.44. The van der Waals surface area contributed by atoms with Crippen molar-refractivity contribution < 1.29 is 19.1 Å². The highest BCUT2D eigenvalue weighted by molar-refractivity contribution is 5.97. The number of rotatable bonds is 5. The van der Waals surface area contributed by atoms with Gasteiger partial charge < -0.3 is 14.5 Å². The van der Waals surface area contributed by atoms with Crippen LogP contribution in [0.3, 0.4) is 0 Å². The number of hydrogen-bond donors (Lipinski definition) is 0. The van der Waals surface area contributed by atoms with Gasteiger partial charge in [-0.3, -0.25) is 9.59 Å². The van der Waals surface area contributed by atoms with Gasteiger partial charge >= 0.3 is 5.97 Å². The molecule has 0 radical (unpaired) electrons. The lowest BCUT2D eigenvalue weighted by Crippen LogP contribution is -2.54. The Morgan fingerprint density at radius 1 is 0.794 bits per heavy atom. The Bertz CT molecular complexity index is 1110. The van der Waals surface area contributed by atoms with Gasteiger partial charge in [0.25, 0.3) is 11.8 Å². The lowest BCUT2D eigenvalue weighted by molar-refractivity contribution is -0.139. The van der Waals surface area contributed by atoms with Crippen LogP contribution in [-0.4, -0.2) is 46.3 Å². The summed E-state index contributed by atoms with van der Waals surface area (Å²) in [5, 5.41) is 0. The molecule has 2 aliphatic heterocycles. The van der Waals surface area contributed by atoms with Crippen molar-refractivity contribution in [1.82, 2.24) is 9.80 Å². The molecule has 2 amide bonds. The second kappa shape index (κ2) is 10.5. The van der Waals surface area contributed by atoms with Crippen LogP contribution in [0.5, 0.6) is 0 Å². The van der Waals surface area contributed by atoms with Crippen LogP contribution in [0, 0.1) is 0 Å². The van der Waals surface area contributed by atoms with E-state index in [2.05, 4.69) is 0 Å². The minimum Gasteiger partial charge on any atom is -0.463 e. The van der Waals surface area contributed by atoms with E-state index >= 15 is 0 Å². The summed E-state index contributed by atoms with van der Waals surface area (Å²) in [4.78, 5) is 43.0. The molecule has 6 nitrogen and oxygen atoms in total. The molecule has 0 fully saturated rings. The van der Waals surface area contributed by atoms with E-state index in [0.29, 0.717) is 29.5 Å². The largest absolute Gasteiger partial charge is 0.463 e. The fraction of sp³-hybridized carbons (Fsp3) is 0.321. The molecule has 0 aliphatic carbocycles. The number of benzene rings is 2. The van der Waals surface area contributed by atoms with Crippen LogP contribution in [0.2, 0.25) is 0 Å². The van der Waals surface area contributed by atoms with Gasteiger partial charge in [0.2, 0.25) is 0 Å². The summed E-state index contributed by atoms with van der Waals surface area (Å²) < 4.78 is 5.21. The van der Waals surface area contributed by atoms with E-state index in [-0.39, 0.29) is 30.5 Å². The molecule has 2 aromatic carbocycles. The molecular formula is C28H30N2O4. The van der Waals surface area contributed by atoms with Crippen molar-refractivity contribution in [2.75, 3.05) is 6.61 Å². The zero-order valence-corrected chi connectivity index (χ0v) is 19.6. The first-order valence-electron chi connectivity index (χ1n) is 11.8. The van der Waals surface area contributed by atoms with E-state index in [1.54, 1.807) is 35.1 Å². The second-order valence-corrected chi connectivity index (χ2v) is 8.72. The molecule has 0 spiro atoms. The first-order valence-corrected chi connectivity index (χ1v) is 11.8. The van der Waals surface area contributed by atoms with Crippen LogP contribution in [0.15, 0.2) is 84.2 Å². The number of carbonyl (C=O) groups is 3. The maximum absolute atomic E-state index is 13.6. The van der Waals surface area contributed by atoms with Gasteiger partial charge in [0, 0.05) is 23.5 Å². The highest BCUT2D eigenvalue weighted by Crippen LogP contribution is 2.33. The fourth-order valence-electron chi connectivity index (χ4n) is 4.70. The summed E-state index contributed by atoms with van der Waals surface area (Å²) >= 11 is 0. The molecule has 4 rings (SSSR count).